The molecule has 0 radical (unpaired) electrons. The number of hydrogen-bond donors (Lipinski definition) is 1. The SMILES string of the molecule is CCc1ccc(/C=N/NC(=O)CSc2nnc(-c3ccccc3)n2-c2ccc(Br)cc2)cc1. The van der Waals surface area contributed by atoms with Gasteiger partial charge < -0.3 is 0 Å². The molecular weight excluding hydrogens is 498 g/mol. The van der Waals surface area contributed by atoms with Crippen LogP contribution < -0.4 is 5.43 Å². The Bertz CT molecular complexity index is 1240. The third kappa shape index (κ3) is 5.97. The summed E-state index contributed by atoms with van der Waals surface area (Å²) in [5.41, 5.74) is 6.64. The lowest BCUT2D eigenvalue weighted by Gasteiger charge is -2.10. The first-order chi connectivity index (χ1) is 16.1. The van der Waals surface area contributed by atoms with Crippen molar-refractivity contribution < 1.29 is 4.79 Å². The Morgan fingerprint density at radius 2 is 1.76 bits per heavy atom. The fraction of sp³-hybridized carbons (Fsp3) is 0.120. The second kappa shape index (κ2) is 11.1. The van der Waals surface area contributed by atoms with Gasteiger partial charge in [-0.15, -0.1) is 10.2 Å². The van der Waals surface area contributed by atoms with E-state index in [0.29, 0.717) is 5.16 Å². The smallest absolute Gasteiger partial charge is 0.250 e. The molecule has 0 aliphatic carbocycles. The van der Waals surface area contributed by atoms with Crippen molar-refractivity contribution in [1.82, 2.24) is 20.2 Å². The van der Waals surface area contributed by atoms with E-state index in [9.17, 15) is 4.79 Å². The van der Waals surface area contributed by atoms with Gasteiger partial charge in [0.25, 0.3) is 5.91 Å². The number of aryl methyl sites for hydroxylation is 1. The van der Waals surface area contributed by atoms with Crippen LogP contribution in [0.15, 0.2) is 93.6 Å². The Hall–Kier alpha value is -3.23. The maximum absolute atomic E-state index is 12.4. The van der Waals surface area contributed by atoms with Gasteiger partial charge in [0, 0.05) is 15.7 Å². The molecule has 3 aromatic carbocycles. The molecule has 4 rings (SSSR count). The Kier molecular flexibility index (Phi) is 7.70. The average Bonchev–Trinajstić information content (AvgIpc) is 3.28. The number of benzene rings is 3. The predicted octanol–water partition coefficient (Wildman–Crippen LogP) is 5.50. The number of halogens is 1. The highest BCUT2D eigenvalue weighted by Gasteiger charge is 2.17. The molecule has 8 heteroatoms. The van der Waals surface area contributed by atoms with Crippen molar-refractivity contribution in [2.75, 3.05) is 5.75 Å². The van der Waals surface area contributed by atoms with Gasteiger partial charge in [-0.2, -0.15) is 5.10 Å². The Balaban J connectivity index is 1.47. The number of hydrogen-bond acceptors (Lipinski definition) is 5. The summed E-state index contributed by atoms with van der Waals surface area (Å²) in [5, 5.41) is 13.4. The molecule has 0 saturated heterocycles. The van der Waals surface area contributed by atoms with E-state index in [0.717, 1.165) is 33.5 Å². The standard InChI is InChI=1S/C25H22BrN5OS/c1-2-18-8-10-19(11-9-18)16-27-28-23(32)17-33-25-30-29-24(20-6-4-3-5-7-20)31(25)22-14-12-21(26)13-15-22/h3-16H,2,17H2,1H3,(H,28,32)/b27-16+. The number of carbonyl (C=O) groups excluding carboxylic acids is 1. The zero-order valence-corrected chi connectivity index (χ0v) is 20.4. The fourth-order valence-corrected chi connectivity index (χ4v) is 4.15. The monoisotopic (exact) mass is 519 g/mol. The van der Waals surface area contributed by atoms with Crippen LogP contribution in [0.2, 0.25) is 0 Å². The van der Waals surface area contributed by atoms with E-state index in [4.69, 9.17) is 0 Å². The molecule has 33 heavy (non-hydrogen) atoms. The predicted molar refractivity (Wildman–Crippen MR) is 137 cm³/mol. The molecule has 1 aromatic heterocycles. The zero-order chi connectivity index (χ0) is 23.0. The first-order valence-electron chi connectivity index (χ1n) is 10.4. The Morgan fingerprint density at radius 3 is 2.45 bits per heavy atom. The minimum absolute atomic E-state index is 0.162. The van der Waals surface area contributed by atoms with E-state index < -0.39 is 0 Å². The molecule has 0 unspecified atom stereocenters. The van der Waals surface area contributed by atoms with Crippen LogP contribution in [0.3, 0.4) is 0 Å². The van der Waals surface area contributed by atoms with Crippen molar-refractivity contribution in [3.63, 3.8) is 0 Å². The van der Waals surface area contributed by atoms with Gasteiger partial charge in [0.2, 0.25) is 0 Å². The summed E-state index contributed by atoms with van der Waals surface area (Å²) in [5.74, 6) is 0.665. The molecule has 1 N–H and O–H groups in total. The minimum atomic E-state index is -0.215. The number of thioether (sulfide) groups is 1. The molecule has 0 spiro atoms. The molecule has 1 amide bonds. The van der Waals surface area contributed by atoms with Crippen molar-refractivity contribution in [3.8, 4) is 17.1 Å². The number of aromatic nitrogens is 3. The van der Waals surface area contributed by atoms with Crippen molar-refractivity contribution in [2.24, 2.45) is 5.10 Å². The van der Waals surface area contributed by atoms with Gasteiger partial charge in [-0.25, -0.2) is 5.43 Å². The summed E-state index contributed by atoms with van der Waals surface area (Å²) in [6, 6.07) is 25.8. The number of amides is 1. The van der Waals surface area contributed by atoms with Gasteiger partial charge >= 0.3 is 0 Å². The molecular formula is C25H22BrN5OS. The van der Waals surface area contributed by atoms with Gasteiger partial charge in [-0.05, 0) is 41.8 Å². The minimum Gasteiger partial charge on any atom is -0.272 e. The second-order valence-corrected chi connectivity index (χ2v) is 9.02. The van der Waals surface area contributed by atoms with Crippen molar-refractivity contribution in [2.45, 2.75) is 18.5 Å². The summed E-state index contributed by atoms with van der Waals surface area (Å²) in [6.45, 7) is 2.11. The topological polar surface area (TPSA) is 72.2 Å². The van der Waals surface area contributed by atoms with Gasteiger partial charge in [0.15, 0.2) is 11.0 Å². The molecule has 1 heterocycles. The number of rotatable bonds is 8. The van der Waals surface area contributed by atoms with E-state index in [1.807, 2.05) is 71.3 Å². The lowest BCUT2D eigenvalue weighted by Crippen LogP contribution is -2.20. The van der Waals surface area contributed by atoms with E-state index in [-0.39, 0.29) is 11.7 Å². The second-order valence-electron chi connectivity index (χ2n) is 7.16. The Labute approximate surface area is 205 Å². The van der Waals surface area contributed by atoms with E-state index >= 15 is 0 Å². The summed E-state index contributed by atoms with van der Waals surface area (Å²) < 4.78 is 2.94. The number of carbonyl (C=O) groups is 1. The van der Waals surface area contributed by atoms with Crippen LogP contribution in [-0.2, 0) is 11.2 Å². The summed E-state index contributed by atoms with van der Waals surface area (Å²) >= 11 is 4.79. The number of hydrazone groups is 1. The summed E-state index contributed by atoms with van der Waals surface area (Å²) in [7, 11) is 0. The van der Waals surface area contributed by atoms with E-state index in [1.54, 1.807) is 6.21 Å². The van der Waals surface area contributed by atoms with Gasteiger partial charge in [0.05, 0.1) is 12.0 Å². The van der Waals surface area contributed by atoms with Gasteiger partial charge in [-0.1, -0.05) is 89.2 Å². The Morgan fingerprint density at radius 1 is 1.03 bits per heavy atom. The summed E-state index contributed by atoms with van der Waals surface area (Å²) in [4.78, 5) is 12.4. The normalized spacial score (nSPS) is 11.1. The van der Waals surface area contributed by atoms with Crippen molar-refractivity contribution in [3.05, 3.63) is 94.5 Å². The number of nitrogens with one attached hydrogen (secondary N) is 1. The van der Waals surface area contributed by atoms with E-state index in [1.165, 1.54) is 17.3 Å². The third-order valence-electron chi connectivity index (χ3n) is 4.87. The maximum Gasteiger partial charge on any atom is 0.250 e. The average molecular weight is 520 g/mol. The van der Waals surface area contributed by atoms with Crippen LogP contribution in [0.5, 0.6) is 0 Å². The first kappa shape index (κ1) is 22.9. The molecule has 0 bridgehead atoms. The van der Waals surface area contributed by atoms with Crippen LogP contribution in [0, 0.1) is 0 Å². The fourth-order valence-electron chi connectivity index (χ4n) is 3.14. The zero-order valence-electron chi connectivity index (χ0n) is 18.0. The van der Waals surface area contributed by atoms with Gasteiger partial charge in [-0.3, -0.25) is 9.36 Å². The van der Waals surface area contributed by atoms with Crippen LogP contribution in [0.1, 0.15) is 18.1 Å². The van der Waals surface area contributed by atoms with Crippen molar-refractivity contribution >= 4 is 39.8 Å². The van der Waals surface area contributed by atoms with Crippen molar-refractivity contribution in [1.29, 1.82) is 0 Å². The van der Waals surface area contributed by atoms with Crippen LogP contribution in [0.4, 0.5) is 0 Å². The molecule has 0 saturated carbocycles. The van der Waals surface area contributed by atoms with E-state index in [2.05, 4.69) is 55.7 Å². The first-order valence-corrected chi connectivity index (χ1v) is 12.2. The lowest BCUT2D eigenvalue weighted by molar-refractivity contribution is -0.118. The summed E-state index contributed by atoms with van der Waals surface area (Å²) in [6.07, 6.45) is 2.63. The highest BCUT2D eigenvalue weighted by Crippen LogP contribution is 2.28. The third-order valence-corrected chi connectivity index (χ3v) is 6.33. The molecule has 0 atom stereocenters. The molecule has 4 aromatic rings. The van der Waals surface area contributed by atoms with Gasteiger partial charge in [0.1, 0.15) is 0 Å². The van der Waals surface area contributed by atoms with Crippen LogP contribution in [-0.4, -0.2) is 32.6 Å². The number of nitrogens with zero attached hydrogens (tertiary/aromatic N) is 4. The van der Waals surface area contributed by atoms with Crippen LogP contribution in [0.25, 0.3) is 17.1 Å². The lowest BCUT2D eigenvalue weighted by atomic mass is 10.1. The largest absolute Gasteiger partial charge is 0.272 e. The van der Waals surface area contributed by atoms with Crippen LogP contribution >= 0.6 is 27.7 Å². The molecule has 6 nitrogen and oxygen atoms in total. The highest BCUT2D eigenvalue weighted by molar-refractivity contribution is 9.10. The molecule has 166 valence electrons. The molecule has 0 fully saturated rings. The molecule has 0 aliphatic heterocycles. The quantitative estimate of drug-likeness (QED) is 0.189. The highest BCUT2D eigenvalue weighted by atomic mass is 79.9. The maximum atomic E-state index is 12.4. The molecule has 0 aliphatic rings.